The second kappa shape index (κ2) is 16.6. The Hall–Kier alpha value is 0.486. The van der Waals surface area contributed by atoms with Crippen molar-refractivity contribution in [1.29, 1.82) is 0 Å². The van der Waals surface area contributed by atoms with Crippen molar-refractivity contribution < 1.29 is 32.0 Å². The van der Waals surface area contributed by atoms with Gasteiger partial charge >= 0.3 is 63.3 Å². The van der Waals surface area contributed by atoms with Gasteiger partial charge in [0, 0.05) is 0 Å². The topological polar surface area (TPSA) is 107 Å². The molecule has 1 atom stereocenters. The second-order valence-electron chi connectivity index (χ2n) is 5.72. The summed E-state index contributed by atoms with van der Waals surface area (Å²) in [6.07, 6.45) is 6.40. The fourth-order valence-corrected chi connectivity index (χ4v) is 2.69. The van der Waals surface area contributed by atoms with Crippen molar-refractivity contribution in [2.24, 2.45) is 0 Å². The number of hydrogen-bond donors (Lipinski definition) is 1. The monoisotopic (exact) mass is 406 g/mol. The summed E-state index contributed by atoms with van der Waals surface area (Å²) in [5.41, 5.74) is 0. The van der Waals surface area contributed by atoms with Gasteiger partial charge in [-0.3, -0.25) is 14.1 Å². The van der Waals surface area contributed by atoms with E-state index in [1.807, 2.05) is 6.92 Å². The minimum absolute atomic E-state index is 0. The third kappa shape index (κ3) is 15.3. The molecule has 0 aromatic rings. The zero-order valence-corrected chi connectivity index (χ0v) is 15.5. The van der Waals surface area contributed by atoms with Gasteiger partial charge in [0.25, 0.3) is 10.1 Å². The summed E-state index contributed by atoms with van der Waals surface area (Å²) in [4.78, 5) is 23.5. The molecule has 7 nitrogen and oxygen atoms in total. The van der Waals surface area contributed by atoms with Gasteiger partial charge in [-0.25, -0.2) is 0 Å². The summed E-state index contributed by atoms with van der Waals surface area (Å²) in [6, 6.07) is 0. The van der Waals surface area contributed by atoms with E-state index in [9.17, 15) is 18.0 Å². The molecule has 25 heavy (non-hydrogen) atoms. The molecule has 0 spiro atoms. The Bertz CT molecular complexity index is 465. The number of hydrogen-bond acceptors (Lipinski definition) is 6. The number of unbranched alkanes of at least 4 members (excludes halogenated alkanes) is 6. The molecule has 0 aliphatic carbocycles. The fraction of sp³-hybridized carbons (Fsp3) is 0.875. The van der Waals surface area contributed by atoms with Crippen molar-refractivity contribution in [3.63, 3.8) is 0 Å². The summed E-state index contributed by atoms with van der Waals surface area (Å²) < 4.78 is 41.5. The normalized spacial score (nSPS) is 12.1. The molecule has 0 fully saturated rings. The van der Waals surface area contributed by atoms with Crippen molar-refractivity contribution >= 4 is 73.4 Å². The average Bonchev–Trinajstić information content (AvgIpc) is 2.51. The van der Waals surface area contributed by atoms with Crippen LogP contribution in [0.25, 0.3) is 0 Å². The second-order valence-corrected chi connectivity index (χ2v) is 7.32. The van der Waals surface area contributed by atoms with Gasteiger partial charge in [0.05, 0.1) is 19.6 Å². The maximum absolute atomic E-state index is 11.8. The predicted octanol–water partition coefficient (Wildman–Crippen LogP) is 2.23. The molecule has 0 aromatic carbocycles. The van der Waals surface area contributed by atoms with Crippen LogP contribution in [-0.2, 0) is 29.2 Å². The van der Waals surface area contributed by atoms with Gasteiger partial charge < -0.3 is 9.47 Å². The quantitative estimate of drug-likeness (QED) is 0.204. The third-order valence-corrected chi connectivity index (χ3v) is 4.56. The van der Waals surface area contributed by atoms with Crippen LogP contribution in [0.3, 0.4) is 0 Å². The van der Waals surface area contributed by atoms with Gasteiger partial charge in [-0.15, -0.1) is 0 Å². The van der Waals surface area contributed by atoms with Crippen LogP contribution in [0.1, 0.15) is 71.6 Å². The molecule has 0 saturated heterocycles. The summed E-state index contributed by atoms with van der Waals surface area (Å²) >= 11 is 0. The van der Waals surface area contributed by atoms with Gasteiger partial charge in [0.1, 0.15) is 0 Å². The SMILES string of the molecule is CCCCCCOC(=O)CC(C(=O)OCCCCCC)S(=O)(=O)O.[KH]. The number of carbonyl (C=O) groups is 2. The summed E-state index contributed by atoms with van der Waals surface area (Å²) in [6.45, 7) is 4.32. The minimum atomic E-state index is -4.72. The molecule has 0 radical (unpaired) electrons. The molecule has 9 heteroatoms. The van der Waals surface area contributed by atoms with Crippen LogP contribution in [0.4, 0.5) is 0 Å². The van der Waals surface area contributed by atoms with Crippen molar-refractivity contribution in [2.75, 3.05) is 13.2 Å². The van der Waals surface area contributed by atoms with Crippen LogP contribution in [0.5, 0.6) is 0 Å². The Balaban J connectivity index is 0. The number of rotatable bonds is 14. The van der Waals surface area contributed by atoms with E-state index < -0.39 is 33.7 Å². The van der Waals surface area contributed by atoms with E-state index in [0.717, 1.165) is 38.5 Å². The number of esters is 2. The first kappa shape index (κ1) is 27.7. The van der Waals surface area contributed by atoms with Crippen molar-refractivity contribution in [3.8, 4) is 0 Å². The van der Waals surface area contributed by atoms with Crippen molar-refractivity contribution in [2.45, 2.75) is 76.9 Å². The zero-order chi connectivity index (χ0) is 18.4. The predicted molar refractivity (Wildman–Crippen MR) is 97.3 cm³/mol. The fourth-order valence-electron chi connectivity index (χ4n) is 2.03. The van der Waals surface area contributed by atoms with Crippen LogP contribution >= 0.6 is 0 Å². The molecule has 0 heterocycles. The zero-order valence-electron chi connectivity index (χ0n) is 14.7. The molecule has 1 N–H and O–H groups in total. The van der Waals surface area contributed by atoms with E-state index in [1.165, 1.54) is 0 Å². The summed E-state index contributed by atoms with van der Waals surface area (Å²) in [5, 5.41) is -1.92. The molecule has 0 bridgehead atoms. The third-order valence-electron chi connectivity index (χ3n) is 3.48. The van der Waals surface area contributed by atoms with E-state index >= 15 is 0 Å². The van der Waals surface area contributed by atoms with Gasteiger partial charge in [-0.05, 0) is 12.8 Å². The first-order valence-electron chi connectivity index (χ1n) is 8.61. The summed E-state index contributed by atoms with van der Waals surface area (Å²) in [7, 11) is -4.72. The molecule has 0 aliphatic heterocycles. The van der Waals surface area contributed by atoms with E-state index in [4.69, 9.17) is 14.0 Å². The molecule has 0 saturated carbocycles. The van der Waals surface area contributed by atoms with Gasteiger partial charge in [0.15, 0.2) is 5.25 Å². The van der Waals surface area contributed by atoms with E-state index in [2.05, 4.69) is 6.92 Å². The average molecular weight is 407 g/mol. The number of ether oxygens (including phenoxy) is 2. The number of carbonyl (C=O) groups excluding carboxylic acids is 2. The van der Waals surface area contributed by atoms with Gasteiger partial charge in [-0.2, -0.15) is 8.42 Å². The van der Waals surface area contributed by atoms with E-state index in [0.29, 0.717) is 12.8 Å². The Morgan fingerprint density at radius 2 is 1.36 bits per heavy atom. The standard InChI is InChI=1S/C16H30O7S.K.H/c1-3-5-7-9-11-22-15(17)13-14(24(19,20)21)16(18)23-12-10-8-6-4-2;;/h14H,3-13H2,1-2H3,(H,19,20,21);;. The Labute approximate surface area is 193 Å². The molecule has 1 unspecified atom stereocenters. The molecule has 0 aromatic heterocycles. The molecule has 0 amide bonds. The molecule has 0 rings (SSSR count). The van der Waals surface area contributed by atoms with E-state index in [1.54, 1.807) is 0 Å². The van der Waals surface area contributed by atoms with Crippen LogP contribution in [0.15, 0.2) is 0 Å². The Morgan fingerprint density at radius 3 is 1.80 bits per heavy atom. The molecular formula is C16H31KO7S. The molecular weight excluding hydrogens is 375 g/mol. The Kier molecular flexibility index (Phi) is 18.4. The molecule has 144 valence electrons. The first-order chi connectivity index (χ1) is 11.3. The first-order valence-corrected chi connectivity index (χ1v) is 10.1. The van der Waals surface area contributed by atoms with Crippen LogP contribution < -0.4 is 0 Å². The van der Waals surface area contributed by atoms with Gasteiger partial charge in [0.2, 0.25) is 0 Å². The van der Waals surface area contributed by atoms with Crippen LogP contribution in [0, 0.1) is 0 Å². The van der Waals surface area contributed by atoms with E-state index in [-0.39, 0.29) is 64.6 Å². The Morgan fingerprint density at radius 1 is 0.880 bits per heavy atom. The van der Waals surface area contributed by atoms with Crippen LogP contribution in [-0.4, -0.2) is 94.8 Å². The van der Waals surface area contributed by atoms with Crippen molar-refractivity contribution in [1.82, 2.24) is 0 Å². The summed E-state index contributed by atoms with van der Waals surface area (Å²) in [5.74, 6) is -1.95. The van der Waals surface area contributed by atoms with Crippen molar-refractivity contribution in [3.05, 3.63) is 0 Å². The van der Waals surface area contributed by atoms with Crippen LogP contribution in [0.2, 0.25) is 0 Å². The maximum atomic E-state index is 11.8. The molecule has 0 aliphatic rings. The van der Waals surface area contributed by atoms with Gasteiger partial charge in [-0.1, -0.05) is 52.4 Å².